The summed E-state index contributed by atoms with van der Waals surface area (Å²) in [6.07, 6.45) is 35.9. The predicted molar refractivity (Wildman–Crippen MR) is 213 cm³/mol. The first kappa shape index (κ1) is 39.7. The van der Waals surface area contributed by atoms with Crippen LogP contribution in [0, 0.1) is 0 Å². The van der Waals surface area contributed by atoms with E-state index in [1.807, 2.05) is 24.5 Å². The molecule has 3 aromatic rings. The van der Waals surface area contributed by atoms with Gasteiger partial charge in [-0.15, -0.1) is 0 Å². The molecular formula is C45H69N3O2. The van der Waals surface area contributed by atoms with E-state index >= 15 is 0 Å². The van der Waals surface area contributed by atoms with Gasteiger partial charge in [0, 0.05) is 35.3 Å². The Morgan fingerprint density at radius 3 is 1.32 bits per heavy atom. The summed E-state index contributed by atoms with van der Waals surface area (Å²) >= 11 is 0. The van der Waals surface area contributed by atoms with Crippen LogP contribution in [0.4, 0.5) is 5.69 Å². The molecule has 1 aliphatic rings. The normalized spacial score (nSPS) is 12.2. The fraction of sp³-hybridized carbons (Fsp3) is 0.644. The molecule has 0 saturated carbocycles. The van der Waals surface area contributed by atoms with Gasteiger partial charge in [0.05, 0.1) is 30.6 Å². The molecule has 0 amide bonds. The van der Waals surface area contributed by atoms with E-state index in [1.54, 1.807) is 0 Å². The number of rotatable bonds is 30. The Balaban J connectivity index is 1.22. The number of pyridine rings is 2. The molecule has 1 aliphatic carbocycles. The minimum atomic E-state index is -0.000540. The molecule has 0 radical (unpaired) electrons. The zero-order chi connectivity index (χ0) is 34.9. The van der Waals surface area contributed by atoms with E-state index < -0.39 is 0 Å². The monoisotopic (exact) mass is 684 g/mol. The second-order valence-corrected chi connectivity index (χ2v) is 14.6. The Kier molecular flexibility index (Phi) is 19.8. The largest absolute Gasteiger partial charge is 0.490 e. The van der Waals surface area contributed by atoms with Crippen LogP contribution in [0.3, 0.4) is 0 Å². The van der Waals surface area contributed by atoms with Gasteiger partial charge in [-0.2, -0.15) is 0 Å². The first-order chi connectivity index (χ1) is 24.8. The highest BCUT2D eigenvalue weighted by atomic mass is 16.5. The van der Waals surface area contributed by atoms with Gasteiger partial charge in [-0.1, -0.05) is 167 Å². The van der Waals surface area contributed by atoms with Crippen LogP contribution in [0.25, 0.3) is 11.4 Å². The first-order valence-corrected chi connectivity index (χ1v) is 20.9. The molecule has 2 aromatic heterocycles. The van der Waals surface area contributed by atoms with Gasteiger partial charge in [0.2, 0.25) is 0 Å². The number of nitrogens with one attached hydrogen (secondary N) is 1. The van der Waals surface area contributed by atoms with Crippen molar-refractivity contribution in [1.29, 1.82) is 0 Å². The molecule has 0 bridgehead atoms. The molecule has 0 saturated heterocycles. The molecule has 0 aliphatic heterocycles. The summed E-state index contributed by atoms with van der Waals surface area (Å²) in [4.78, 5) is 9.32. The Labute approximate surface area is 305 Å². The van der Waals surface area contributed by atoms with Crippen LogP contribution in [-0.2, 0) is 0 Å². The van der Waals surface area contributed by atoms with Crippen molar-refractivity contribution in [1.82, 2.24) is 9.97 Å². The van der Waals surface area contributed by atoms with Crippen LogP contribution in [0.15, 0.2) is 54.9 Å². The number of hydrogen-bond donors (Lipinski definition) is 1. The average molecular weight is 684 g/mol. The lowest BCUT2D eigenvalue weighted by Gasteiger charge is -2.19. The van der Waals surface area contributed by atoms with Crippen LogP contribution in [0.5, 0.6) is 11.5 Å². The number of anilines is 1. The number of benzene rings is 1. The summed E-state index contributed by atoms with van der Waals surface area (Å²) < 4.78 is 12.8. The third kappa shape index (κ3) is 14.3. The Bertz CT molecular complexity index is 1270. The summed E-state index contributed by atoms with van der Waals surface area (Å²) in [7, 11) is 0. The molecule has 1 aromatic carbocycles. The molecule has 2 heterocycles. The Hall–Kier alpha value is -3.08. The maximum absolute atomic E-state index is 6.45. The molecule has 0 spiro atoms. The Morgan fingerprint density at radius 2 is 0.880 bits per heavy atom. The number of unbranched alkanes of at least 4 members (excludes halogenated alkanes) is 22. The average Bonchev–Trinajstić information content (AvgIpc) is 3.46. The third-order valence-corrected chi connectivity index (χ3v) is 10.3. The van der Waals surface area contributed by atoms with E-state index in [9.17, 15) is 0 Å². The van der Waals surface area contributed by atoms with Crippen molar-refractivity contribution < 1.29 is 9.47 Å². The van der Waals surface area contributed by atoms with Crippen molar-refractivity contribution in [2.45, 2.75) is 174 Å². The van der Waals surface area contributed by atoms with Gasteiger partial charge >= 0.3 is 0 Å². The summed E-state index contributed by atoms with van der Waals surface area (Å²) in [5.41, 5.74) is 5.27. The van der Waals surface area contributed by atoms with E-state index in [2.05, 4.69) is 59.5 Å². The van der Waals surface area contributed by atoms with Gasteiger partial charge in [0.1, 0.15) is 0 Å². The topological polar surface area (TPSA) is 56.3 Å². The van der Waals surface area contributed by atoms with Gasteiger partial charge in [0.15, 0.2) is 11.5 Å². The molecule has 0 fully saturated rings. The van der Waals surface area contributed by atoms with Crippen molar-refractivity contribution in [2.75, 3.05) is 18.5 Å². The lowest BCUT2D eigenvalue weighted by atomic mass is 10.1. The quantitative estimate of drug-likeness (QED) is 0.0709. The summed E-state index contributed by atoms with van der Waals surface area (Å²) in [5.74, 6) is 1.70. The standard InChI is InChI=1S/C45H69N3O2/c1-3-5-7-9-11-13-15-17-19-21-23-25-35-49-41-32-31-38(48-43-39-29-27-33-46-44(39)45-40(43)30-28-34-47-45)37-42(41)50-36-26-24-22-20-18-16-14-12-10-8-6-4-2/h27-34,37,43,48H,3-26,35-36H2,1-2H3. The summed E-state index contributed by atoms with van der Waals surface area (Å²) in [5, 5.41) is 3.77. The van der Waals surface area contributed by atoms with Crippen molar-refractivity contribution in [3.05, 3.63) is 66.0 Å². The van der Waals surface area contributed by atoms with Crippen molar-refractivity contribution in [3.63, 3.8) is 0 Å². The van der Waals surface area contributed by atoms with Crippen LogP contribution in [0.1, 0.15) is 185 Å². The van der Waals surface area contributed by atoms with Crippen molar-refractivity contribution in [3.8, 4) is 22.9 Å². The van der Waals surface area contributed by atoms with Crippen molar-refractivity contribution in [2.24, 2.45) is 0 Å². The number of fused-ring (bicyclic) bond motifs is 3. The van der Waals surface area contributed by atoms with Gasteiger partial charge in [-0.3, -0.25) is 9.97 Å². The second-order valence-electron chi connectivity index (χ2n) is 14.6. The lowest BCUT2D eigenvalue weighted by molar-refractivity contribution is 0.258. The first-order valence-electron chi connectivity index (χ1n) is 20.9. The zero-order valence-corrected chi connectivity index (χ0v) is 31.9. The van der Waals surface area contributed by atoms with E-state index in [1.165, 1.54) is 141 Å². The SMILES string of the molecule is CCCCCCCCCCCCCCOc1ccc(NC2c3cccnc3-c3ncccc32)cc1OCCCCCCCCCCCCCC. The second kappa shape index (κ2) is 25.0. The maximum atomic E-state index is 6.45. The maximum Gasteiger partial charge on any atom is 0.163 e. The molecule has 5 nitrogen and oxygen atoms in total. The predicted octanol–water partition coefficient (Wildman–Crippen LogP) is 13.8. The number of aromatic nitrogens is 2. The van der Waals surface area contributed by atoms with E-state index in [0.29, 0.717) is 0 Å². The fourth-order valence-electron chi connectivity index (χ4n) is 7.27. The van der Waals surface area contributed by atoms with Crippen LogP contribution < -0.4 is 14.8 Å². The lowest BCUT2D eigenvalue weighted by Crippen LogP contribution is -2.10. The van der Waals surface area contributed by atoms with Gasteiger partial charge in [0.25, 0.3) is 0 Å². The summed E-state index contributed by atoms with van der Waals surface area (Å²) in [6, 6.07) is 14.7. The van der Waals surface area contributed by atoms with Crippen LogP contribution in [0.2, 0.25) is 0 Å². The highest BCUT2D eigenvalue weighted by Crippen LogP contribution is 2.43. The van der Waals surface area contributed by atoms with E-state index in [-0.39, 0.29) is 6.04 Å². The number of ether oxygens (including phenoxy) is 2. The van der Waals surface area contributed by atoms with Gasteiger partial charge in [-0.05, 0) is 37.1 Å². The Morgan fingerprint density at radius 1 is 0.480 bits per heavy atom. The minimum absolute atomic E-state index is 0.000540. The number of nitrogens with zero attached hydrogens (tertiary/aromatic N) is 2. The third-order valence-electron chi connectivity index (χ3n) is 10.3. The van der Waals surface area contributed by atoms with Crippen LogP contribution >= 0.6 is 0 Å². The molecule has 50 heavy (non-hydrogen) atoms. The van der Waals surface area contributed by atoms with Gasteiger partial charge in [-0.25, -0.2) is 0 Å². The van der Waals surface area contributed by atoms with Gasteiger partial charge < -0.3 is 14.8 Å². The molecule has 4 rings (SSSR count). The molecule has 0 unspecified atom stereocenters. The molecular weight excluding hydrogens is 615 g/mol. The smallest absolute Gasteiger partial charge is 0.163 e. The van der Waals surface area contributed by atoms with E-state index in [4.69, 9.17) is 9.47 Å². The van der Waals surface area contributed by atoms with Crippen LogP contribution in [-0.4, -0.2) is 23.2 Å². The fourth-order valence-corrected chi connectivity index (χ4v) is 7.27. The van der Waals surface area contributed by atoms with E-state index in [0.717, 1.165) is 65.8 Å². The molecule has 276 valence electrons. The molecule has 0 atom stereocenters. The zero-order valence-electron chi connectivity index (χ0n) is 31.9. The molecule has 5 heteroatoms. The summed E-state index contributed by atoms with van der Waals surface area (Å²) in [6.45, 7) is 6.04. The highest BCUT2D eigenvalue weighted by molar-refractivity contribution is 5.74. The minimum Gasteiger partial charge on any atom is -0.490 e. The highest BCUT2D eigenvalue weighted by Gasteiger charge is 2.30. The molecule has 1 N–H and O–H groups in total. The number of hydrogen-bond acceptors (Lipinski definition) is 5. The van der Waals surface area contributed by atoms with Crippen molar-refractivity contribution >= 4 is 5.69 Å².